The molecule has 7 rings (SSSR count). The first kappa shape index (κ1) is 44.9. The van der Waals surface area contributed by atoms with Gasteiger partial charge in [0.1, 0.15) is 34.5 Å². The highest BCUT2D eigenvalue weighted by atomic mass is 16.5. The van der Waals surface area contributed by atoms with Crippen molar-refractivity contribution in [1.29, 1.82) is 0 Å². The molecule has 0 atom stereocenters. The number of likely N-dealkylation sites (tertiary alicyclic amines) is 1. The minimum atomic E-state index is -1.03. The summed E-state index contributed by atoms with van der Waals surface area (Å²) in [5, 5.41) is 14.5. The lowest BCUT2D eigenvalue weighted by Gasteiger charge is -2.26. The average Bonchev–Trinajstić information content (AvgIpc) is 3.29. The molecule has 6 aromatic carbocycles. The summed E-state index contributed by atoms with van der Waals surface area (Å²) < 4.78 is 22.4. The number of amides is 3. The maximum absolute atomic E-state index is 12.3. The Labute approximate surface area is 367 Å². The molecule has 1 aliphatic rings. The van der Waals surface area contributed by atoms with Crippen LogP contribution in [0.25, 0.3) is 0 Å². The number of aliphatic carboxylic acids is 1. The molecular weight excluding hydrogens is 799 g/mol. The Kier molecular flexibility index (Phi) is 16.3. The predicted molar refractivity (Wildman–Crippen MR) is 242 cm³/mol. The largest absolute Gasteiger partial charge is 0.484 e. The Morgan fingerprint density at radius 3 is 1.25 bits per heavy atom. The van der Waals surface area contributed by atoms with Crippen molar-refractivity contribution >= 4 is 35.1 Å². The fraction of sp³-hybridized carbons (Fsp3) is 0.216. The molecule has 0 radical (unpaired) electrons. The normalized spacial score (nSPS) is 11.9. The molecule has 63 heavy (non-hydrogen) atoms. The maximum atomic E-state index is 12.3. The van der Waals surface area contributed by atoms with Crippen LogP contribution in [-0.4, -0.2) is 60.0 Å². The molecule has 12 nitrogen and oxygen atoms in total. The van der Waals surface area contributed by atoms with Crippen LogP contribution in [0.1, 0.15) is 41.5 Å². The van der Waals surface area contributed by atoms with Crippen LogP contribution in [-0.2, 0) is 32.0 Å². The van der Waals surface area contributed by atoms with E-state index in [1.165, 1.54) is 6.42 Å². The summed E-state index contributed by atoms with van der Waals surface area (Å²) in [7, 11) is 0. The first-order valence-electron chi connectivity index (χ1n) is 20.8. The van der Waals surface area contributed by atoms with Crippen molar-refractivity contribution in [3.05, 3.63) is 168 Å². The van der Waals surface area contributed by atoms with E-state index in [0.717, 1.165) is 59.6 Å². The van der Waals surface area contributed by atoms with Crippen LogP contribution in [0, 0.1) is 13.8 Å². The third-order valence-electron chi connectivity index (χ3n) is 9.97. The van der Waals surface area contributed by atoms with E-state index >= 15 is 0 Å². The molecule has 0 unspecified atom stereocenters. The average molecular weight is 850 g/mol. The standard InChI is InChI=1S/C28H30N2O4.C23H21NO5/c1-21-7-3-4-8-26(21)29-27(31)19-22-9-11-24(12-10-22)34-25-15-13-23(14-16-25)33-20-28(32)30-17-5-2-6-18-30;1-16-4-2-3-5-21(16)24-22(25)14-17-6-8-19(9-7-17)29-20-12-10-18(11-13-20)28-15-23(26)27/h3-4,7-16H,2,5-6,17-20H2,1H3,(H,29,31);2-13H,14-15H2,1H3,(H,24,25)(H,26,27). The number of benzene rings is 6. The van der Waals surface area contributed by atoms with Crippen LogP contribution >= 0.6 is 0 Å². The van der Waals surface area contributed by atoms with Gasteiger partial charge in [0.05, 0.1) is 12.8 Å². The van der Waals surface area contributed by atoms with E-state index in [0.29, 0.717) is 34.5 Å². The summed E-state index contributed by atoms with van der Waals surface area (Å²) in [6.45, 7) is 5.23. The number of nitrogens with one attached hydrogen (secondary N) is 2. The minimum absolute atomic E-state index is 0.0349. The summed E-state index contributed by atoms with van der Waals surface area (Å²) >= 11 is 0. The quantitative estimate of drug-likeness (QED) is 0.0864. The van der Waals surface area contributed by atoms with Gasteiger partial charge in [-0.1, -0.05) is 60.7 Å². The van der Waals surface area contributed by atoms with Gasteiger partial charge in [-0.2, -0.15) is 0 Å². The Balaban J connectivity index is 0.000000213. The number of ether oxygens (including phenoxy) is 4. The third kappa shape index (κ3) is 14.8. The molecule has 0 bridgehead atoms. The van der Waals surface area contributed by atoms with Gasteiger partial charge in [0.25, 0.3) is 5.91 Å². The molecule has 1 saturated heterocycles. The van der Waals surface area contributed by atoms with Crippen molar-refractivity contribution in [3.63, 3.8) is 0 Å². The highest BCUT2D eigenvalue weighted by Gasteiger charge is 2.17. The molecule has 12 heteroatoms. The van der Waals surface area contributed by atoms with Gasteiger partial charge in [-0.05, 0) is 140 Å². The molecule has 324 valence electrons. The first-order chi connectivity index (χ1) is 30.6. The fourth-order valence-electron chi connectivity index (χ4n) is 6.54. The van der Waals surface area contributed by atoms with Crippen LogP contribution in [0.4, 0.5) is 11.4 Å². The fourth-order valence-corrected chi connectivity index (χ4v) is 6.54. The van der Waals surface area contributed by atoms with Gasteiger partial charge < -0.3 is 39.6 Å². The van der Waals surface area contributed by atoms with E-state index in [1.807, 2.05) is 116 Å². The van der Waals surface area contributed by atoms with Crippen molar-refractivity contribution in [3.8, 4) is 34.5 Å². The number of nitrogens with zero attached hydrogens (tertiary/aromatic N) is 1. The van der Waals surface area contributed by atoms with Crippen molar-refractivity contribution in [2.24, 2.45) is 0 Å². The molecule has 0 saturated carbocycles. The number of carbonyl (C=O) groups excluding carboxylic acids is 3. The van der Waals surface area contributed by atoms with Gasteiger partial charge in [0.2, 0.25) is 11.8 Å². The number of aryl methyl sites for hydroxylation is 2. The summed E-state index contributed by atoms with van der Waals surface area (Å²) in [5.74, 6) is 2.53. The molecule has 1 aliphatic heterocycles. The Morgan fingerprint density at radius 1 is 0.492 bits per heavy atom. The highest BCUT2D eigenvalue weighted by Crippen LogP contribution is 2.26. The van der Waals surface area contributed by atoms with Crippen LogP contribution < -0.4 is 29.6 Å². The number of anilines is 2. The molecular formula is C51H51N3O9. The first-order valence-corrected chi connectivity index (χ1v) is 20.8. The monoisotopic (exact) mass is 849 g/mol. The van der Waals surface area contributed by atoms with Crippen molar-refractivity contribution in [2.45, 2.75) is 46.0 Å². The van der Waals surface area contributed by atoms with Crippen LogP contribution in [0.5, 0.6) is 34.5 Å². The van der Waals surface area contributed by atoms with Gasteiger partial charge in [-0.3, -0.25) is 14.4 Å². The van der Waals surface area contributed by atoms with Gasteiger partial charge in [-0.15, -0.1) is 0 Å². The second-order valence-corrected chi connectivity index (χ2v) is 14.9. The predicted octanol–water partition coefficient (Wildman–Crippen LogP) is 9.79. The summed E-state index contributed by atoms with van der Waals surface area (Å²) in [6.07, 6.45) is 3.89. The summed E-state index contributed by atoms with van der Waals surface area (Å²) in [4.78, 5) is 49.2. The Morgan fingerprint density at radius 2 is 0.857 bits per heavy atom. The second-order valence-electron chi connectivity index (χ2n) is 14.9. The molecule has 3 N–H and O–H groups in total. The van der Waals surface area contributed by atoms with Gasteiger partial charge in [0.15, 0.2) is 13.2 Å². The lowest BCUT2D eigenvalue weighted by Crippen LogP contribution is -2.38. The minimum Gasteiger partial charge on any atom is -0.484 e. The van der Waals surface area contributed by atoms with E-state index in [9.17, 15) is 19.2 Å². The van der Waals surface area contributed by atoms with Gasteiger partial charge in [-0.25, -0.2) is 4.79 Å². The summed E-state index contributed by atoms with van der Waals surface area (Å²) in [5.41, 5.74) is 5.47. The zero-order valence-corrected chi connectivity index (χ0v) is 35.4. The zero-order valence-electron chi connectivity index (χ0n) is 35.4. The topological polar surface area (TPSA) is 153 Å². The number of carbonyl (C=O) groups is 4. The van der Waals surface area contributed by atoms with E-state index in [4.69, 9.17) is 24.1 Å². The van der Waals surface area contributed by atoms with Crippen molar-refractivity contribution in [1.82, 2.24) is 4.90 Å². The smallest absolute Gasteiger partial charge is 0.341 e. The van der Waals surface area contributed by atoms with Gasteiger partial charge in [0, 0.05) is 24.5 Å². The number of carboxylic acid groups (broad SMARTS) is 1. The molecule has 0 aliphatic carbocycles. The van der Waals surface area contributed by atoms with E-state index in [2.05, 4.69) is 10.6 Å². The Hall–Kier alpha value is -7.60. The van der Waals surface area contributed by atoms with E-state index < -0.39 is 5.97 Å². The highest BCUT2D eigenvalue weighted by molar-refractivity contribution is 5.93. The third-order valence-corrected chi connectivity index (χ3v) is 9.97. The lowest BCUT2D eigenvalue weighted by atomic mass is 10.1. The van der Waals surface area contributed by atoms with Crippen LogP contribution in [0.2, 0.25) is 0 Å². The molecule has 6 aromatic rings. The number of para-hydroxylation sites is 2. The van der Waals surface area contributed by atoms with E-state index in [-0.39, 0.29) is 43.8 Å². The molecule has 0 aromatic heterocycles. The number of hydrogen-bond donors (Lipinski definition) is 3. The number of carboxylic acids is 1. The van der Waals surface area contributed by atoms with Crippen molar-refractivity contribution in [2.75, 3.05) is 36.9 Å². The molecule has 1 heterocycles. The van der Waals surface area contributed by atoms with Gasteiger partial charge >= 0.3 is 5.97 Å². The van der Waals surface area contributed by atoms with Crippen LogP contribution in [0.3, 0.4) is 0 Å². The number of hydrogen-bond acceptors (Lipinski definition) is 8. The van der Waals surface area contributed by atoms with Crippen molar-refractivity contribution < 1.29 is 43.2 Å². The van der Waals surface area contributed by atoms with E-state index in [1.54, 1.807) is 48.5 Å². The number of rotatable bonds is 16. The maximum Gasteiger partial charge on any atom is 0.341 e. The number of piperidine rings is 1. The SMILES string of the molecule is Cc1ccccc1NC(=O)Cc1ccc(Oc2ccc(OCC(=O)N3CCCCC3)cc2)cc1.Cc1ccccc1NC(=O)Cc1ccc(Oc2ccc(OCC(=O)O)cc2)cc1. The van der Waals surface area contributed by atoms with Crippen LogP contribution in [0.15, 0.2) is 146 Å². The zero-order chi connectivity index (χ0) is 44.4. The molecule has 0 spiro atoms. The molecule has 1 fully saturated rings. The lowest BCUT2D eigenvalue weighted by molar-refractivity contribution is -0.139. The molecule has 3 amide bonds. The Bertz CT molecular complexity index is 2430. The second kappa shape index (κ2) is 22.8. The summed E-state index contributed by atoms with van der Waals surface area (Å²) in [6, 6.07) is 44.0.